The molecule has 0 saturated heterocycles. The van der Waals surface area contributed by atoms with Crippen LogP contribution in [0.5, 0.6) is 5.75 Å². The molecular formula is C23H17NO5. The number of carbonyl (C=O) groups excluding carboxylic acids is 2. The fraction of sp³-hybridized carbons (Fsp3) is 0.130. The molecule has 6 nitrogen and oxygen atoms in total. The molecule has 29 heavy (non-hydrogen) atoms. The lowest BCUT2D eigenvalue weighted by Crippen LogP contribution is -2.38. The van der Waals surface area contributed by atoms with E-state index in [2.05, 4.69) is 5.32 Å². The molecule has 0 radical (unpaired) electrons. The number of para-hydroxylation sites is 1. The molecule has 1 amide bonds. The number of cyclic esters (lactones) is 1. The Morgan fingerprint density at radius 2 is 1.83 bits per heavy atom. The number of hydrogen-bond acceptors (Lipinski definition) is 5. The summed E-state index contributed by atoms with van der Waals surface area (Å²) in [4.78, 5) is 25.0. The van der Waals surface area contributed by atoms with Crippen molar-refractivity contribution < 1.29 is 23.5 Å². The minimum Gasteiger partial charge on any atom is -0.495 e. The van der Waals surface area contributed by atoms with E-state index in [1.54, 1.807) is 18.2 Å². The van der Waals surface area contributed by atoms with Gasteiger partial charge in [0.1, 0.15) is 16.9 Å². The molecule has 0 spiro atoms. The van der Waals surface area contributed by atoms with Gasteiger partial charge in [-0.2, -0.15) is 0 Å². The molecule has 144 valence electrons. The summed E-state index contributed by atoms with van der Waals surface area (Å²) < 4.78 is 16.7. The Kier molecular flexibility index (Phi) is 3.98. The summed E-state index contributed by atoms with van der Waals surface area (Å²) in [6, 6.07) is 18.4. The van der Waals surface area contributed by atoms with E-state index in [4.69, 9.17) is 13.9 Å². The van der Waals surface area contributed by atoms with Crippen LogP contribution in [-0.2, 0) is 16.0 Å². The normalized spacial score (nSPS) is 15.8. The van der Waals surface area contributed by atoms with Crippen LogP contribution in [-0.4, -0.2) is 25.1 Å². The van der Waals surface area contributed by atoms with Gasteiger partial charge in [0, 0.05) is 23.3 Å². The maximum absolute atomic E-state index is 12.8. The van der Waals surface area contributed by atoms with Gasteiger partial charge in [-0.3, -0.25) is 4.79 Å². The summed E-state index contributed by atoms with van der Waals surface area (Å²) in [7, 11) is 1.54. The molecule has 5 rings (SSSR count). The number of rotatable bonds is 3. The Hall–Kier alpha value is -3.80. The number of benzene rings is 3. The number of nitrogens with one attached hydrogen (secondary N) is 1. The third kappa shape index (κ3) is 2.89. The van der Waals surface area contributed by atoms with Crippen LogP contribution >= 0.6 is 0 Å². The molecule has 0 bridgehead atoms. The third-order valence-corrected chi connectivity index (χ3v) is 5.14. The zero-order chi connectivity index (χ0) is 20.0. The third-order valence-electron chi connectivity index (χ3n) is 5.14. The Morgan fingerprint density at radius 3 is 2.69 bits per heavy atom. The highest BCUT2D eigenvalue weighted by molar-refractivity contribution is 6.08. The first kappa shape index (κ1) is 17.3. The molecule has 1 atom stereocenters. The SMILES string of the molecule is COc1cc2c(cc1NC(=O)[C@H]1Cc3ccccc3C(=O)O1)oc1ccccc12. The van der Waals surface area contributed by atoms with Crippen LogP contribution in [0.25, 0.3) is 21.9 Å². The van der Waals surface area contributed by atoms with Crippen LogP contribution in [0.4, 0.5) is 5.69 Å². The number of hydrogen-bond donors (Lipinski definition) is 1. The molecule has 0 aliphatic carbocycles. The van der Waals surface area contributed by atoms with Gasteiger partial charge in [-0.1, -0.05) is 36.4 Å². The van der Waals surface area contributed by atoms with Crippen LogP contribution in [0.3, 0.4) is 0 Å². The van der Waals surface area contributed by atoms with E-state index in [1.165, 1.54) is 7.11 Å². The lowest BCUT2D eigenvalue weighted by molar-refractivity contribution is -0.125. The lowest BCUT2D eigenvalue weighted by Gasteiger charge is -2.24. The number of carbonyl (C=O) groups is 2. The van der Waals surface area contributed by atoms with E-state index in [0.717, 1.165) is 21.9 Å². The molecule has 1 aliphatic rings. The fourth-order valence-electron chi connectivity index (χ4n) is 3.71. The number of fused-ring (bicyclic) bond motifs is 4. The summed E-state index contributed by atoms with van der Waals surface area (Å²) in [5.74, 6) is -0.409. The predicted octanol–water partition coefficient (Wildman–Crippen LogP) is 4.31. The van der Waals surface area contributed by atoms with Crippen molar-refractivity contribution in [3.63, 3.8) is 0 Å². The highest BCUT2D eigenvalue weighted by Gasteiger charge is 2.31. The molecule has 0 unspecified atom stereocenters. The number of ether oxygens (including phenoxy) is 2. The Balaban J connectivity index is 1.47. The zero-order valence-electron chi connectivity index (χ0n) is 15.6. The van der Waals surface area contributed by atoms with Crippen LogP contribution in [0.2, 0.25) is 0 Å². The Morgan fingerprint density at radius 1 is 1.03 bits per heavy atom. The second kappa shape index (κ2) is 6.67. The van der Waals surface area contributed by atoms with Crippen molar-refractivity contribution in [3.8, 4) is 5.75 Å². The van der Waals surface area contributed by atoms with Gasteiger partial charge < -0.3 is 19.2 Å². The van der Waals surface area contributed by atoms with Gasteiger partial charge in [0.2, 0.25) is 0 Å². The van der Waals surface area contributed by atoms with Gasteiger partial charge in [-0.15, -0.1) is 0 Å². The molecule has 6 heteroatoms. The average molecular weight is 387 g/mol. The van der Waals surface area contributed by atoms with Crippen molar-refractivity contribution in [2.24, 2.45) is 0 Å². The monoisotopic (exact) mass is 387 g/mol. The minimum atomic E-state index is -0.909. The van der Waals surface area contributed by atoms with E-state index in [9.17, 15) is 9.59 Å². The highest BCUT2D eigenvalue weighted by atomic mass is 16.5. The van der Waals surface area contributed by atoms with Crippen LogP contribution in [0, 0.1) is 0 Å². The van der Waals surface area contributed by atoms with Crippen molar-refractivity contribution in [2.45, 2.75) is 12.5 Å². The second-order valence-electron chi connectivity index (χ2n) is 6.89. The number of esters is 1. The van der Waals surface area contributed by atoms with Gasteiger partial charge in [0.25, 0.3) is 5.91 Å². The largest absolute Gasteiger partial charge is 0.495 e. The summed E-state index contributed by atoms with van der Waals surface area (Å²) in [5.41, 5.74) is 3.14. The van der Waals surface area contributed by atoms with Crippen molar-refractivity contribution in [1.82, 2.24) is 0 Å². The van der Waals surface area contributed by atoms with E-state index >= 15 is 0 Å². The molecule has 1 aliphatic heterocycles. The Labute approximate surface area is 166 Å². The predicted molar refractivity (Wildman–Crippen MR) is 108 cm³/mol. The maximum atomic E-state index is 12.8. The van der Waals surface area contributed by atoms with Crippen LogP contribution < -0.4 is 10.1 Å². The van der Waals surface area contributed by atoms with Crippen LogP contribution in [0.15, 0.2) is 65.1 Å². The van der Waals surface area contributed by atoms with E-state index in [-0.39, 0.29) is 0 Å². The number of amides is 1. The van der Waals surface area contributed by atoms with Crippen molar-refractivity contribution >= 4 is 39.5 Å². The summed E-state index contributed by atoms with van der Waals surface area (Å²) in [5, 5.41) is 4.68. The molecule has 3 aromatic carbocycles. The minimum absolute atomic E-state index is 0.322. The van der Waals surface area contributed by atoms with Crippen molar-refractivity contribution in [1.29, 1.82) is 0 Å². The smallest absolute Gasteiger partial charge is 0.339 e. The first-order valence-corrected chi connectivity index (χ1v) is 9.23. The fourth-order valence-corrected chi connectivity index (χ4v) is 3.71. The van der Waals surface area contributed by atoms with E-state index in [0.29, 0.717) is 29.0 Å². The topological polar surface area (TPSA) is 77.8 Å². The zero-order valence-corrected chi connectivity index (χ0v) is 15.6. The maximum Gasteiger partial charge on any atom is 0.339 e. The standard InChI is InChI=1S/C23H17NO5/c1-27-20-11-16-15-8-4-5-9-18(15)28-19(16)12-17(20)24-22(25)21-10-13-6-2-3-7-14(13)23(26)29-21/h2-9,11-12,21H,10H2,1H3,(H,24,25)/t21-/m1/s1. The van der Waals surface area contributed by atoms with E-state index in [1.807, 2.05) is 42.5 Å². The molecule has 2 heterocycles. The average Bonchev–Trinajstić information content (AvgIpc) is 3.10. The molecular weight excluding hydrogens is 370 g/mol. The van der Waals surface area contributed by atoms with Gasteiger partial charge >= 0.3 is 5.97 Å². The van der Waals surface area contributed by atoms with Gasteiger partial charge in [0.15, 0.2) is 6.10 Å². The first-order valence-electron chi connectivity index (χ1n) is 9.23. The summed E-state index contributed by atoms with van der Waals surface area (Å²) in [6.45, 7) is 0. The second-order valence-corrected chi connectivity index (χ2v) is 6.89. The summed E-state index contributed by atoms with van der Waals surface area (Å²) >= 11 is 0. The van der Waals surface area contributed by atoms with Gasteiger partial charge in [0.05, 0.1) is 18.4 Å². The number of methoxy groups -OCH3 is 1. The molecule has 0 saturated carbocycles. The lowest BCUT2D eigenvalue weighted by atomic mass is 9.98. The number of anilines is 1. The van der Waals surface area contributed by atoms with Crippen molar-refractivity contribution in [3.05, 3.63) is 71.8 Å². The quantitative estimate of drug-likeness (QED) is 0.530. The molecule has 4 aromatic rings. The van der Waals surface area contributed by atoms with Gasteiger partial charge in [-0.05, 0) is 23.8 Å². The van der Waals surface area contributed by atoms with Gasteiger partial charge in [-0.25, -0.2) is 4.79 Å². The van der Waals surface area contributed by atoms with E-state index < -0.39 is 18.0 Å². The van der Waals surface area contributed by atoms with Crippen LogP contribution in [0.1, 0.15) is 15.9 Å². The highest BCUT2D eigenvalue weighted by Crippen LogP contribution is 2.36. The molecule has 1 aromatic heterocycles. The first-order chi connectivity index (χ1) is 14.1. The number of furan rings is 1. The Bertz CT molecular complexity index is 1270. The summed E-state index contributed by atoms with van der Waals surface area (Å²) in [6.07, 6.45) is -0.586. The molecule has 0 fully saturated rings. The van der Waals surface area contributed by atoms with Crippen molar-refractivity contribution in [2.75, 3.05) is 12.4 Å². The molecule has 1 N–H and O–H groups in total.